The first kappa shape index (κ1) is 13.0. The first-order valence-electron chi connectivity index (χ1n) is 5.86. The number of hydrogen-bond acceptors (Lipinski definition) is 5. The Hall–Kier alpha value is -2.43. The van der Waals surface area contributed by atoms with E-state index in [0.717, 1.165) is 6.54 Å². The number of carbonyl (C=O) groups is 1. The maximum atomic E-state index is 11.2. The Balaban J connectivity index is 2.07. The van der Waals surface area contributed by atoms with Crippen LogP contribution in [0.1, 0.15) is 16.1 Å². The molecule has 0 aliphatic heterocycles. The molecule has 0 saturated carbocycles. The molecule has 5 heteroatoms. The third kappa shape index (κ3) is 3.28. The fourth-order valence-electron chi connectivity index (χ4n) is 1.67. The van der Waals surface area contributed by atoms with Crippen molar-refractivity contribution < 1.29 is 9.53 Å². The second kappa shape index (κ2) is 5.95. The van der Waals surface area contributed by atoms with Gasteiger partial charge in [-0.05, 0) is 5.56 Å². The lowest BCUT2D eigenvalue weighted by atomic mass is 10.2. The molecule has 2 rings (SSSR count). The standard InChI is InChI=1S/C14H15N3O2/c1-17(10-11-6-4-3-5-7-11)13-9-15-12(8-16-13)14(18)19-2/h3-9H,10H2,1-2H3. The lowest BCUT2D eigenvalue weighted by Gasteiger charge is -2.17. The maximum Gasteiger partial charge on any atom is 0.358 e. The fraction of sp³-hybridized carbons (Fsp3) is 0.214. The van der Waals surface area contributed by atoms with Crippen LogP contribution >= 0.6 is 0 Å². The number of benzene rings is 1. The van der Waals surface area contributed by atoms with Crippen molar-refractivity contribution in [1.82, 2.24) is 9.97 Å². The molecule has 0 atom stereocenters. The van der Waals surface area contributed by atoms with Gasteiger partial charge in [0.15, 0.2) is 5.69 Å². The minimum absolute atomic E-state index is 0.208. The Kier molecular flexibility index (Phi) is 4.07. The number of hydrogen-bond donors (Lipinski definition) is 0. The Morgan fingerprint density at radius 1 is 1.21 bits per heavy atom. The maximum absolute atomic E-state index is 11.2. The second-order valence-corrected chi connectivity index (χ2v) is 4.09. The summed E-state index contributed by atoms with van der Waals surface area (Å²) in [5.74, 6) is 0.223. The van der Waals surface area contributed by atoms with Crippen LogP contribution in [-0.2, 0) is 11.3 Å². The van der Waals surface area contributed by atoms with Crippen LogP contribution in [0.25, 0.3) is 0 Å². The average molecular weight is 257 g/mol. The first-order valence-corrected chi connectivity index (χ1v) is 5.86. The molecule has 98 valence electrons. The van der Waals surface area contributed by atoms with Crippen molar-refractivity contribution in [1.29, 1.82) is 0 Å². The molecule has 0 fully saturated rings. The summed E-state index contributed by atoms with van der Waals surface area (Å²) in [6, 6.07) is 10.1. The molecule has 1 heterocycles. The van der Waals surface area contributed by atoms with E-state index < -0.39 is 5.97 Å². The molecule has 2 aromatic rings. The van der Waals surface area contributed by atoms with Crippen LogP contribution in [0.3, 0.4) is 0 Å². The number of anilines is 1. The lowest BCUT2D eigenvalue weighted by Crippen LogP contribution is -2.18. The number of methoxy groups -OCH3 is 1. The van der Waals surface area contributed by atoms with Gasteiger partial charge in [0.1, 0.15) is 5.82 Å². The van der Waals surface area contributed by atoms with Gasteiger partial charge in [-0.15, -0.1) is 0 Å². The quantitative estimate of drug-likeness (QED) is 0.783. The van der Waals surface area contributed by atoms with E-state index in [1.54, 1.807) is 6.20 Å². The molecule has 0 aliphatic carbocycles. The molecule has 0 bridgehead atoms. The van der Waals surface area contributed by atoms with Crippen molar-refractivity contribution in [3.63, 3.8) is 0 Å². The molecule has 0 unspecified atom stereocenters. The molecule has 0 aliphatic rings. The number of nitrogens with zero attached hydrogens (tertiary/aromatic N) is 3. The molecular formula is C14H15N3O2. The summed E-state index contributed by atoms with van der Waals surface area (Å²) in [5, 5.41) is 0. The van der Waals surface area contributed by atoms with Gasteiger partial charge in [-0.2, -0.15) is 0 Å². The van der Waals surface area contributed by atoms with Crippen LogP contribution in [-0.4, -0.2) is 30.1 Å². The van der Waals surface area contributed by atoms with Gasteiger partial charge in [-0.3, -0.25) is 0 Å². The third-order valence-electron chi connectivity index (χ3n) is 2.69. The minimum Gasteiger partial charge on any atom is -0.464 e. The van der Waals surface area contributed by atoms with Crippen molar-refractivity contribution >= 4 is 11.8 Å². The van der Waals surface area contributed by atoms with E-state index in [4.69, 9.17) is 0 Å². The minimum atomic E-state index is -0.482. The molecule has 1 aromatic heterocycles. The van der Waals surface area contributed by atoms with Gasteiger partial charge in [0.05, 0.1) is 19.5 Å². The Morgan fingerprint density at radius 3 is 2.53 bits per heavy atom. The number of ether oxygens (including phenoxy) is 1. The fourth-order valence-corrected chi connectivity index (χ4v) is 1.67. The van der Waals surface area contributed by atoms with Gasteiger partial charge in [0.25, 0.3) is 0 Å². The highest BCUT2D eigenvalue weighted by molar-refractivity contribution is 5.86. The topological polar surface area (TPSA) is 55.3 Å². The van der Waals surface area contributed by atoms with E-state index in [2.05, 4.69) is 14.7 Å². The molecule has 0 spiro atoms. The third-order valence-corrected chi connectivity index (χ3v) is 2.69. The smallest absolute Gasteiger partial charge is 0.358 e. The van der Waals surface area contributed by atoms with Gasteiger partial charge < -0.3 is 9.64 Å². The lowest BCUT2D eigenvalue weighted by molar-refractivity contribution is 0.0593. The van der Waals surface area contributed by atoms with Gasteiger partial charge in [-0.25, -0.2) is 14.8 Å². The summed E-state index contributed by atoms with van der Waals surface area (Å²) >= 11 is 0. The van der Waals surface area contributed by atoms with Crippen LogP contribution in [0.5, 0.6) is 0 Å². The van der Waals surface area contributed by atoms with E-state index >= 15 is 0 Å². The summed E-state index contributed by atoms with van der Waals surface area (Å²) in [6.45, 7) is 0.729. The zero-order valence-electron chi connectivity index (χ0n) is 10.9. The van der Waals surface area contributed by atoms with Crippen molar-refractivity contribution in [2.24, 2.45) is 0 Å². The predicted octanol–water partition coefficient (Wildman–Crippen LogP) is 1.90. The monoisotopic (exact) mass is 257 g/mol. The van der Waals surface area contributed by atoms with Crippen LogP contribution in [0.4, 0.5) is 5.82 Å². The molecule has 5 nitrogen and oxygen atoms in total. The van der Waals surface area contributed by atoms with Crippen molar-refractivity contribution in [3.8, 4) is 0 Å². The summed E-state index contributed by atoms with van der Waals surface area (Å²) in [7, 11) is 3.24. The van der Waals surface area contributed by atoms with E-state index in [0.29, 0.717) is 5.82 Å². The number of carbonyl (C=O) groups excluding carboxylic acids is 1. The zero-order chi connectivity index (χ0) is 13.7. The van der Waals surface area contributed by atoms with E-state index in [1.165, 1.54) is 18.9 Å². The van der Waals surface area contributed by atoms with Gasteiger partial charge in [0.2, 0.25) is 0 Å². The van der Waals surface area contributed by atoms with Crippen LogP contribution in [0.15, 0.2) is 42.7 Å². The molecule has 19 heavy (non-hydrogen) atoms. The van der Waals surface area contributed by atoms with Crippen LogP contribution in [0, 0.1) is 0 Å². The summed E-state index contributed by atoms with van der Waals surface area (Å²) < 4.78 is 4.58. The molecule has 1 aromatic carbocycles. The second-order valence-electron chi connectivity index (χ2n) is 4.09. The summed E-state index contributed by atoms with van der Waals surface area (Å²) in [4.78, 5) is 21.4. The normalized spacial score (nSPS) is 10.0. The largest absolute Gasteiger partial charge is 0.464 e. The Morgan fingerprint density at radius 2 is 1.95 bits per heavy atom. The SMILES string of the molecule is COC(=O)c1cnc(N(C)Cc2ccccc2)cn1. The highest BCUT2D eigenvalue weighted by Gasteiger charge is 2.09. The van der Waals surface area contributed by atoms with E-state index in [9.17, 15) is 4.79 Å². The Labute approximate surface area is 111 Å². The highest BCUT2D eigenvalue weighted by atomic mass is 16.5. The van der Waals surface area contributed by atoms with Crippen molar-refractivity contribution in [3.05, 3.63) is 54.0 Å². The van der Waals surface area contributed by atoms with Crippen LogP contribution < -0.4 is 4.90 Å². The van der Waals surface area contributed by atoms with E-state index in [1.807, 2.05) is 42.3 Å². The Bertz CT molecular complexity index is 540. The number of aromatic nitrogens is 2. The highest BCUT2D eigenvalue weighted by Crippen LogP contribution is 2.11. The molecule has 0 saturated heterocycles. The van der Waals surface area contributed by atoms with Gasteiger partial charge >= 0.3 is 5.97 Å². The van der Waals surface area contributed by atoms with Crippen molar-refractivity contribution in [2.45, 2.75) is 6.54 Å². The number of rotatable bonds is 4. The predicted molar refractivity (Wildman–Crippen MR) is 71.9 cm³/mol. The van der Waals surface area contributed by atoms with Crippen molar-refractivity contribution in [2.75, 3.05) is 19.1 Å². The van der Waals surface area contributed by atoms with Gasteiger partial charge in [-0.1, -0.05) is 30.3 Å². The van der Waals surface area contributed by atoms with E-state index in [-0.39, 0.29) is 5.69 Å². The molecule has 0 radical (unpaired) electrons. The van der Waals surface area contributed by atoms with Crippen LogP contribution in [0.2, 0.25) is 0 Å². The number of esters is 1. The molecule has 0 amide bonds. The molecule has 0 N–H and O–H groups in total. The van der Waals surface area contributed by atoms with Gasteiger partial charge in [0, 0.05) is 13.6 Å². The summed E-state index contributed by atoms with van der Waals surface area (Å²) in [5.41, 5.74) is 1.39. The average Bonchev–Trinajstić information content (AvgIpc) is 2.47. The zero-order valence-corrected chi connectivity index (χ0v) is 10.9. The molecular weight excluding hydrogens is 242 g/mol. The summed E-state index contributed by atoms with van der Waals surface area (Å²) in [6.07, 6.45) is 2.98. The first-order chi connectivity index (χ1) is 9.20.